The minimum atomic E-state index is 0.417. The molecule has 0 saturated heterocycles. The lowest BCUT2D eigenvalue weighted by atomic mass is 9.65. The standard InChI is InChI=1S/C16H20S/c1-13-9-10-15(17-13)16(11-5-2-6-12-16)14-7-3-4-8-14/h3-4,7-10,14H,2,5-6,11-12H2,1H3. The van der Waals surface area contributed by atoms with Crippen molar-refractivity contribution in [3.05, 3.63) is 46.2 Å². The zero-order valence-corrected chi connectivity index (χ0v) is 11.3. The molecule has 1 heteroatoms. The third kappa shape index (κ3) is 1.91. The van der Waals surface area contributed by atoms with Gasteiger partial charge in [0, 0.05) is 21.1 Å². The van der Waals surface area contributed by atoms with Gasteiger partial charge in [0.1, 0.15) is 0 Å². The molecule has 90 valence electrons. The van der Waals surface area contributed by atoms with Gasteiger partial charge in [-0.3, -0.25) is 0 Å². The van der Waals surface area contributed by atoms with Crippen molar-refractivity contribution in [3.63, 3.8) is 0 Å². The molecule has 1 heterocycles. The molecule has 0 atom stereocenters. The fourth-order valence-corrected chi connectivity index (χ4v) is 4.59. The van der Waals surface area contributed by atoms with E-state index in [2.05, 4.69) is 43.4 Å². The van der Waals surface area contributed by atoms with Crippen molar-refractivity contribution in [1.29, 1.82) is 0 Å². The highest BCUT2D eigenvalue weighted by Gasteiger charge is 2.40. The average Bonchev–Trinajstić information content (AvgIpc) is 3.01. The van der Waals surface area contributed by atoms with E-state index in [4.69, 9.17) is 0 Å². The fourth-order valence-electron chi connectivity index (χ4n) is 3.43. The smallest absolute Gasteiger partial charge is 0.0145 e. The van der Waals surface area contributed by atoms with Crippen LogP contribution in [0.25, 0.3) is 0 Å². The average molecular weight is 244 g/mol. The molecule has 17 heavy (non-hydrogen) atoms. The van der Waals surface area contributed by atoms with Crippen LogP contribution in [0, 0.1) is 12.8 Å². The molecular formula is C16H20S. The van der Waals surface area contributed by atoms with Gasteiger partial charge in [-0.1, -0.05) is 43.6 Å². The first kappa shape index (κ1) is 11.3. The summed E-state index contributed by atoms with van der Waals surface area (Å²) in [6.07, 6.45) is 16.2. The highest BCUT2D eigenvalue weighted by Crippen LogP contribution is 2.49. The largest absolute Gasteiger partial charge is 0.145 e. The van der Waals surface area contributed by atoms with Crippen molar-refractivity contribution in [2.45, 2.75) is 44.4 Å². The van der Waals surface area contributed by atoms with Crippen LogP contribution in [0.4, 0.5) is 0 Å². The maximum absolute atomic E-state index is 2.40. The Hall–Kier alpha value is -0.820. The quantitative estimate of drug-likeness (QED) is 0.686. The predicted octanol–water partition coefficient (Wildman–Crippen LogP) is 5.00. The first-order valence-electron chi connectivity index (χ1n) is 6.73. The van der Waals surface area contributed by atoms with E-state index < -0.39 is 0 Å². The summed E-state index contributed by atoms with van der Waals surface area (Å²) in [5.74, 6) is 0.640. The third-order valence-electron chi connectivity index (χ3n) is 4.36. The van der Waals surface area contributed by atoms with Crippen molar-refractivity contribution in [2.75, 3.05) is 0 Å². The molecule has 2 aliphatic rings. The lowest BCUT2D eigenvalue weighted by Gasteiger charge is -2.40. The van der Waals surface area contributed by atoms with Gasteiger partial charge in [0.05, 0.1) is 0 Å². The van der Waals surface area contributed by atoms with Gasteiger partial charge in [0.15, 0.2) is 0 Å². The molecular weight excluding hydrogens is 224 g/mol. The van der Waals surface area contributed by atoms with Gasteiger partial charge in [-0.15, -0.1) is 11.3 Å². The summed E-state index contributed by atoms with van der Waals surface area (Å²) in [6.45, 7) is 2.23. The van der Waals surface area contributed by atoms with Gasteiger partial charge < -0.3 is 0 Å². The van der Waals surface area contributed by atoms with E-state index >= 15 is 0 Å². The minimum Gasteiger partial charge on any atom is -0.145 e. The van der Waals surface area contributed by atoms with Crippen LogP contribution in [0.2, 0.25) is 0 Å². The van der Waals surface area contributed by atoms with E-state index in [1.807, 2.05) is 11.3 Å². The Morgan fingerprint density at radius 1 is 1.06 bits per heavy atom. The first-order chi connectivity index (χ1) is 8.31. The molecule has 0 bridgehead atoms. The van der Waals surface area contributed by atoms with Gasteiger partial charge in [0.2, 0.25) is 0 Å². The van der Waals surface area contributed by atoms with Crippen molar-refractivity contribution >= 4 is 11.3 Å². The van der Waals surface area contributed by atoms with E-state index in [9.17, 15) is 0 Å². The molecule has 0 spiro atoms. The van der Waals surface area contributed by atoms with Crippen molar-refractivity contribution in [1.82, 2.24) is 0 Å². The molecule has 0 radical (unpaired) electrons. The summed E-state index contributed by atoms with van der Waals surface area (Å²) in [7, 11) is 0. The Bertz CT molecular complexity index is 432. The molecule has 1 aromatic heterocycles. The molecule has 0 N–H and O–H groups in total. The minimum absolute atomic E-state index is 0.417. The van der Waals surface area contributed by atoms with Gasteiger partial charge in [0.25, 0.3) is 0 Å². The lowest BCUT2D eigenvalue weighted by molar-refractivity contribution is 0.258. The Kier molecular flexibility index (Phi) is 2.96. The summed E-state index contributed by atoms with van der Waals surface area (Å²) in [5.41, 5.74) is 0.417. The maximum Gasteiger partial charge on any atom is 0.0145 e. The topological polar surface area (TPSA) is 0 Å². The van der Waals surface area contributed by atoms with E-state index in [0.717, 1.165) is 0 Å². The predicted molar refractivity (Wildman–Crippen MR) is 75.6 cm³/mol. The van der Waals surface area contributed by atoms with Gasteiger partial charge in [-0.05, 0) is 31.9 Å². The Morgan fingerprint density at radius 2 is 1.76 bits per heavy atom. The number of aryl methyl sites for hydroxylation is 1. The summed E-state index contributed by atoms with van der Waals surface area (Å²) < 4.78 is 0. The molecule has 0 amide bonds. The Balaban J connectivity index is 2.00. The van der Waals surface area contributed by atoms with Gasteiger partial charge in [-0.2, -0.15) is 0 Å². The van der Waals surface area contributed by atoms with Crippen LogP contribution in [0.5, 0.6) is 0 Å². The molecule has 0 aliphatic heterocycles. The molecule has 1 saturated carbocycles. The highest BCUT2D eigenvalue weighted by atomic mass is 32.1. The van der Waals surface area contributed by atoms with Crippen LogP contribution in [-0.4, -0.2) is 0 Å². The Labute approximate surface area is 108 Å². The molecule has 1 aromatic rings. The SMILES string of the molecule is Cc1ccc(C2(C3C=CC=C3)CCCCC2)s1. The second-order valence-corrected chi connectivity index (χ2v) is 6.71. The van der Waals surface area contributed by atoms with E-state index in [0.29, 0.717) is 11.3 Å². The van der Waals surface area contributed by atoms with Crippen LogP contribution in [0.15, 0.2) is 36.4 Å². The number of hydrogen-bond donors (Lipinski definition) is 0. The van der Waals surface area contributed by atoms with E-state index in [1.54, 1.807) is 4.88 Å². The second kappa shape index (κ2) is 4.45. The van der Waals surface area contributed by atoms with Crippen LogP contribution in [-0.2, 0) is 5.41 Å². The van der Waals surface area contributed by atoms with E-state index in [-0.39, 0.29) is 0 Å². The number of allylic oxidation sites excluding steroid dienone is 4. The van der Waals surface area contributed by atoms with Crippen molar-refractivity contribution < 1.29 is 0 Å². The maximum atomic E-state index is 2.40. The van der Waals surface area contributed by atoms with Gasteiger partial charge >= 0.3 is 0 Å². The summed E-state index contributed by atoms with van der Waals surface area (Å²) in [4.78, 5) is 3.08. The van der Waals surface area contributed by atoms with Crippen LogP contribution in [0.1, 0.15) is 41.9 Å². The van der Waals surface area contributed by atoms with Crippen LogP contribution < -0.4 is 0 Å². The zero-order valence-electron chi connectivity index (χ0n) is 10.5. The van der Waals surface area contributed by atoms with Gasteiger partial charge in [-0.25, -0.2) is 0 Å². The van der Waals surface area contributed by atoms with Crippen LogP contribution in [0.3, 0.4) is 0 Å². The molecule has 2 aliphatic carbocycles. The monoisotopic (exact) mass is 244 g/mol. The molecule has 0 nitrogen and oxygen atoms in total. The molecule has 3 rings (SSSR count). The number of hydrogen-bond acceptors (Lipinski definition) is 1. The summed E-state index contributed by atoms with van der Waals surface area (Å²) in [5, 5.41) is 0. The molecule has 0 aromatic carbocycles. The lowest BCUT2D eigenvalue weighted by Crippen LogP contribution is -2.34. The second-order valence-electron chi connectivity index (χ2n) is 5.42. The fraction of sp³-hybridized carbons (Fsp3) is 0.500. The first-order valence-corrected chi connectivity index (χ1v) is 7.55. The zero-order chi connectivity index (χ0) is 11.7. The molecule has 0 unspecified atom stereocenters. The summed E-state index contributed by atoms with van der Waals surface area (Å²) in [6, 6.07) is 4.67. The summed E-state index contributed by atoms with van der Waals surface area (Å²) >= 11 is 2.01. The van der Waals surface area contributed by atoms with Crippen LogP contribution >= 0.6 is 11.3 Å². The Morgan fingerprint density at radius 3 is 2.35 bits per heavy atom. The number of thiophene rings is 1. The normalized spacial score (nSPS) is 23.4. The third-order valence-corrected chi connectivity index (χ3v) is 5.58. The molecule has 1 fully saturated rings. The number of rotatable bonds is 2. The highest BCUT2D eigenvalue weighted by molar-refractivity contribution is 7.12. The van der Waals surface area contributed by atoms with Crippen molar-refractivity contribution in [2.24, 2.45) is 5.92 Å². The van der Waals surface area contributed by atoms with Crippen molar-refractivity contribution in [3.8, 4) is 0 Å². The van der Waals surface area contributed by atoms with E-state index in [1.165, 1.54) is 37.0 Å².